The molecule has 4 N–H and O–H groups in total. The fourth-order valence-electron chi connectivity index (χ4n) is 6.84. The van der Waals surface area contributed by atoms with E-state index in [4.69, 9.17) is 53.4 Å². The molecule has 47 heavy (non-hydrogen) atoms. The zero-order valence-electron chi connectivity index (χ0n) is 26.7. The molecule has 250 valence electrons. The Labute approximate surface area is 283 Å². The van der Waals surface area contributed by atoms with E-state index < -0.39 is 5.97 Å². The van der Waals surface area contributed by atoms with Gasteiger partial charge in [0.05, 0.1) is 35.3 Å². The molecule has 7 rings (SSSR count). The van der Waals surface area contributed by atoms with Gasteiger partial charge < -0.3 is 30.5 Å². The number of nitrogen functional groups attached to an aromatic ring is 1. The Morgan fingerprint density at radius 3 is 2.47 bits per heavy atom. The summed E-state index contributed by atoms with van der Waals surface area (Å²) in [5.41, 5.74) is 10.6. The molecule has 4 heterocycles. The normalized spacial score (nSPS) is 21.4. The lowest BCUT2D eigenvalue weighted by Gasteiger charge is -2.41. The van der Waals surface area contributed by atoms with Crippen LogP contribution in [0.25, 0.3) is 22.3 Å². The Morgan fingerprint density at radius 1 is 1.06 bits per heavy atom. The fourth-order valence-corrected chi connectivity index (χ4v) is 7.45. The van der Waals surface area contributed by atoms with Gasteiger partial charge in [-0.2, -0.15) is 5.10 Å². The first-order valence-electron chi connectivity index (χ1n) is 15.8. The van der Waals surface area contributed by atoms with Crippen LogP contribution in [0.1, 0.15) is 50.3 Å². The summed E-state index contributed by atoms with van der Waals surface area (Å²) in [5.74, 6) is 0.948. The minimum Gasteiger partial charge on any atom is -0.495 e. The number of hydrogen-bond donors (Lipinski definition) is 3. The fraction of sp³-hybridized carbons (Fsp3) is 0.455. The third-order valence-electron chi connectivity index (χ3n) is 9.20. The number of benzene rings is 2. The molecule has 2 aromatic carbocycles. The van der Waals surface area contributed by atoms with E-state index in [9.17, 15) is 0 Å². The zero-order valence-corrected chi connectivity index (χ0v) is 28.3. The van der Waals surface area contributed by atoms with Crippen molar-refractivity contribution in [3.63, 3.8) is 0 Å². The van der Waals surface area contributed by atoms with Gasteiger partial charge in [0.15, 0.2) is 5.65 Å². The molecule has 0 spiro atoms. The molecule has 12 nitrogen and oxygen atoms in total. The number of carboxylic acids is 1. The summed E-state index contributed by atoms with van der Waals surface area (Å²) in [7, 11) is 3.86. The lowest BCUT2D eigenvalue weighted by Crippen LogP contribution is -2.49. The van der Waals surface area contributed by atoms with Crippen LogP contribution in [0.2, 0.25) is 10.0 Å². The molecule has 1 unspecified atom stereocenters. The van der Waals surface area contributed by atoms with Gasteiger partial charge in [0.25, 0.3) is 5.97 Å². The summed E-state index contributed by atoms with van der Waals surface area (Å²) in [4.78, 5) is 23.1. The molecule has 3 aliphatic rings. The Kier molecular flexibility index (Phi) is 9.93. The van der Waals surface area contributed by atoms with Crippen LogP contribution in [0.3, 0.4) is 0 Å². The van der Waals surface area contributed by atoms with Crippen LogP contribution >= 0.6 is 23.2 Å². The van der Waals surface area contributed by atoms with Crippen LogP contribution in [-0.4, -0.2) is 93.6 Å². The number of nitrogens with zero attached hydrogens (tertiary/aromatic N) is 6. The van der Waals surface area contributed by atoms with Gasteiger partial charge in [0.2, 0.25) is 0 Å². The summed E-state index contributed by atoms with van der Waals surface area (Å²) in [5, 5.41) is 18.0. The van der Waals surface area contributed by atoms with Crippen molar-refractivity contribution in [2.75, 3.05) is 58.0 Å². The third kappa shape index (κ3) is 7.06. The van der Waals surface area contributed by atoms with Gasteiger partial charge in [0.1, 0.15) is 35.9 Å². The number of nitrogens with one attached hydrogen (secondary N) is 1. The van der Waals surface area contributed by atoms with E-state index in [-0.39, 0.29) is 12.1 Å². The monoisotopic (exact) mass is 682 g/mol. The molecule has 1 saturated heterocycles. The van der Waals surface area contributed by atoms with Crippen molar-refractivity contribution in [1.29, 1.82) is 0 Å². The highest BCUT2D eigenvalue weighted by atomic mass is 35.5. The number of hydrogen-bond acceptors (Lipinski definition) is 10. The summed E-state index contributed by atoms with van der Waals surface area (Å²) in [6.45, 7) is 6.11. The topological polar surface area (TPSA) is 144 Å². The van der Waals surface area contributed by atoms with Crippen LogP contribution in [0, 0.1) is 0 Å². The number of likely N-dealkylation sites (N-methyl/N-ethyl adjacent to an activating group) is 1. The molecule has 2 fully saturated rings. The van der Waals surface area contributed by atoms with Crippen molar-refractivity contribution in [3.8, 4) is 22.8 Å². The third-order valence-corrected chi connectivity index (χ3v) is 9.73. The zero-order chi connectivity index (χ0) is 33.2. The van der Waals surface area contributed by atoms with Crippen LogP contribution < -0.4 is 20.5 Å². The van der Waals surface area contributed by atoms with E-state index in [0.717, 1.165) is 92.3 Å². The van der Waals surface area contributed by atoms with E-state index >= 15 is 0 Å². The molecule has 0 amide bonds. The molecule has 2 aromatic heterocycles. The van der Waals surface area contributed by atoms with Gasteiger partial charge in [-0.1, -0.05) is 29.3 Å². The summed E-state index contributed by atoms with van der Waals surface area (Å²) in [6.07, 6.45) is 5.96. The number of halogens is 2. The van der Waals surface area contributed by atoms with Crippen molar-refractivity contribution in [2.24, 2.45) is 0 Å². The molecule has 1 atom stereocenters. The van der Waals surface area contributed by atoms with Gasteiger partial charge in [-0.05, 0) is 57.0 Å². The van der Waals surface area contributed by atoms with Crippen LogP contribution in [0.15, 0.2) is 36.7 Å². The number of aliphatic carboxylic acids is 1. The molecular formula is C33H40Cl2N8O4. The highest BCUT2D eigenvalue weighted by Gasteiger charge is 2.32. The molecule has 14 heteroatoms. The Bertz CT molecular complexity index is 1750. The van der Waals surface area contributed by atoms with Crippen molar-refractivity contribution < 1.29 is 19.4 Å². The first-order chi connectivity index (χ1) is 22.6. The summed E-state index contributed by atoms with van der Waals surface area (Å²) in [6, 6.07) is 10.3. The first kappa shape index (κ1) is 33.1. The van der Waals surface area contributed by atoms with Crippen molar-refractivity contribution in [1.82, 2.24) is 29.5 Å². The molecule has 0 radical (unpaired) electrons. The average Bonchev–Trinajstić information content (AvgIpc) is 3.64. The van der Waals surface area contributed by atoms with Crippen molar-refractivity contribution in [3.05, 3.63) is 52.3 Å². The van der Waals surface area contributed by atoms with Crippen molar-refractivity contribution in [2.45, 2.75) is 50.7 Å². The molecule has 4 aromatic rings. The number of rotatable bonds is 6. The highest BCUT2D eigenvalue weighted by molar-refractivity contribution is 6.35. The first-order valence-corrected chi connectivity index (χ1v) is 16.6. The van der Waals surface area contributed by atoms with Gasteiger partial charge in [0, 0.05) is 55.3 Å². The van der Waals surface area contributed by atoms with Gasteiger partial charge >= 0.3 is 0 Å². The lowest BCUT2D eigenvalue weighted by atomic mass is 9.90. The van der Waals surface area contributed by atoms with Crippen LogP contribution in [0.4, 0.5) is 11.5 Å². The van der Waals surface area contributed by atoms with Gasteiger partial charge in [-0.15, -0.1) is 0 Å². The van der Waals surface area contributed by atoms with Crippen LogP contribution in [-0.2, 0) is 4.79 Å². The van der Waals surface area contributed by atoms with Crippen LogP contribution in [0.5, 0.6) is 11.5 Å². The number of methoxy groups -OCH3 is 1. The second-order valence-corrected chi connectivity index (χ2v) is 13.1. The number of ether oxygens (including phenoxy) is 2. The second kappa shape index (κ2) is 14.1. The van der Waals surface area contributed by atoms with Crippen molar-refractivity contribution >= 4 is 51.7 Å². The quantitative estimate of drug-likeness (QED) is 0.228. The number of nitrogens with two attached hydrogens (primary N) is 1. The highest BCUT2D eigenvalue weighted by Crippen LogP contribution is 2.44. The SMILES string of the molecule is CC(=O)O.COc1cc(-c2nn([C@H]3CC[C@H](N4CCN(C)CC4)CC3)c3ncnc(N)c23)ccc1NC1COc2cc(Cl)cc(Cl)c21. The summed E-state index contributed by atoms with van der Waals surface area (Å²) < 4.78 is 13.8. The Morgan fingerprint density at radius 2 is 1.77 bits per heavy atom. The number of carbonyl (C=O) groups is 1. The lowest BCUT2D eigenvalue weighted by molar-refractivity contribution is -0.134. The minimum atomic E-state index is -0.833. The maximum atomic E-state index is 9.00. The second-order valence-electron chi connectivity index (χ2n) is 12.3. The maximum absolute atomic E-state index is 9.00. The van der Waals surface area contributed by atoms with E-state index in [2.05, 4.69) is 36.8 Å². The summed E-state index contributed by atoms with van der Waals surface area (Å²) >= 11 is 12.7. The van der Waals surface area contributed by atoms with E-state index in [0.29, 0.717) is 40.0 Å². The minimum absolute atomic E-state index is 0.149. The molecule has 0 bridgehead atoms. The number of piperazine rings is 1. The number of aromatic nitrogens is 4. The predicted octanol–water partition coefficient (Wildman–Crippen LogP) is 5.76. The Balaban J connectivity index is 0.000000915. The molecule has 2 aliphatic heterocycles. The molecular weight excluding hydrogens is 643 g/mol. The average molecular weight is 684 g/mol. The maximum Gasteiger partial charge on any atom is 0.300 e. The van der Waals surface area contributed by atoms with E-state index in [1.54, 1.807) is 19.2 Å². The van der Waals surface area contributed by atoms with Gasteiger partial charge in [-0.3, -0.25) is 9.69 Å². The molecule has 1 saturated carbocycles. The van der Waals surface area contributed by atoms with E-state index in [1.165, 1.54) is 6.33 Å². The Hall–Kier alpha value is -3.84. The van der Waals surface area contributed by atoms with Gasteiger partial charge in [-0.25, -0.2) is 14.6 Å². The largest absolute Gasteiger partial charge is 0.495 e. The number of fused-ring (bicyclic) bond motifs is 2. The predicted molar refractivity (Wildman–Crippen MR) is 184 cm³/mol. The molecule has 1 aliphatic carbocycles. The smallest absolute Gasteiger partial charge is 0.300 e. The number of carboxylic acid groups (broad SMARTS) is 1. The van der Waals surface area contributed by atoms with E-state index in [1.807, 2.05) is 18.2 Å². The standard InChI is InChI=1S/C31H36Cl2N8O2.C2H4O2/c1-39-9-11-40(12-10-39)20-4-6-21(7-5-20)41-31-28(30(34)35-17-36-31)29(38-41)18-3-8-23(25(13-18)42-2)37-24-16-43-26-15-19(32)14-22(33)27(24)26;1-2(3)4/h3,8,13-15,17,20-21,24,37H,4-7,9-12,16H2,1-2H3,(H2,34,35,36);1H3,(H,3,4)/t20-,21-,24?;. The number of anilines is 2.